The van der Waals surface area contributed by atoms with Gasteiger partial charge in [-0.2, -0.15) is 10.2 Å². The molecule has 0 bridgehead atoms. The third-order valence-electron chi connectivity index (χ3n) is 2.46. The molecule has 1 amide bonds. The Kier molecular flexibility index (Phi) is 4.36. The van der Waals surface area contributed by atoms with E-state index in [1.54, 1.807) is 12.1 Å². The molecular formula is C12H9BrN4O3. The molecule has 0 saturated heterocycles. The summed E-state index contributed by atoms with van der Waals surface area (Å²) in [5.74, 6) is -0.411. The largest absolute Gasteiger partial charge is 0.346 e. The molecular weight excluding hydrogens is 328 g/mol. The molecule has 0 aliphatic carbocycles. The second-order valence-electron chi connectivity index (χ2n) is 3.82. The number of hydrogen-bond acceptors (Lipinski definition) is 5. The van der Waals surface area contributed by atoms with Crippen molar-refractivity contribution in [1.82, 2.24) is 15.5 Å². The fourth-order valence-electron chi connectivity index (χ4n) is 1.49. The minimum atomic E-state index is -0.552. The second-order valence-corrected chi connectivity index (χ2v) is 4.68. The van der Waals surface area contributed by atoms with E-state index in [9.17, 15) is 14.9 Å². The first-order chi connectivity index (χ1) is 9.58. The van der Waals surface area contributed by atoms with Gasteiger partial charge in [0.15, 0.2) is 0 Å². The molecule has 0 fully saturated rings. The third kappa shape index (κ3) is 3.35. The minimum Gasteiger partial charge on any atom is -0.346 e. The number of nitrogens with one attached hydrogen (secondary N) is 1. The van der Waals surface area contributed by atoms with Gasteiger partial charge in [-0.05, 0) is 40.2 Å². The molecule has 7 nitrogen and oxygen atoms in total. The van der Waals surface area contributed by atoms with Crippen LogP contribution in [0.4, 0.5) is 5.69 Å². The Morgan fingerprint density at radius 1 is 1.40 bits per heavy atom. The Balaban J connectivity index is 2.10. The normalized spacial score (nSPS) is 10.1. The standard InChI is InChI=1S/C12H9BrN4O3/c13-10-4-3-8(6-11(10)17(19)20)12(18)14-7-9-2-1-5-15-16-9/h1-6H,7H2,(H,14,18). The van der Waals surface area contributed by atoms with E-state index in [0.29, 0.717) is 10.2 Å². The molecule has 1 aromatic carbocycles. The van der Waals surface area contributed by atoms with Crippen molar-refractivity contribution in [2.75, 3.05) is 0 Å². The first kappa shape index (κ1) is 14.1. The van der Waals surface area contributed by atoms with Gasteiger partial charge >= 0.3 is 0 Å². The highest BCUT2D eigenvalue weighted by atomic mass is 79.9. The van der Waals surface area contributed by atoms with E-state index >= 15 is 0 Å². The summed E-state index contributed by atoms with van der Waals surface area (Å²) in [4.78, 5) is 22.2. The number of carbonyl (C=O) groups excluding carboxylic acids is 1. The third-order valence-corrected chi connectivity index (χ3v) is 3.13. The summed E-state index contributed by atoms with van der Waals surface area (Å²) < 4.78 is 0.327. The SMILES string of the molecule is O=C(NCc1cccnn1)c1ccc(Br)c([N+](=O)[O-])c1. The summed E-state index contributed by atoms with van der Waals surface area (Å²) >= 11 is 3.06. The van der Waals surface area contributed by atoms with Crippen LogP contribution in [-0.2, 0) is 6.54 Å². The Labute approximate surface area is 122 Å². The highest BCUT2D eigenvalue weighted by Gasteiger charge is 2.15. The molecule has 1 heterocycles. The monoisotopic (exact) mass is 336 g/mol. The Bertz CT molecular complexity index is 648. The van der Waals surface area contributed by atoms with Gasteiger partial charge in [-0.15, -0.1) is 0 Å². The fourth-order valence-corrected chi connectivity index (χ4v) is 1.89. The van der Waals surface area contributed by atoms with Gasteiger partial charge in [0, 0.05) is 17.8 Å². The van der Waals surface area contributed by atoms with Crippen molar-refractivity contribution in [1.29, 1.82) is 0 Å². The van der Waals surface area contributed by atoms with Crippen LogP contribution in [0.2, 0.25) is 0 Å². The zero-order valence-corrected chi connectivity index (χ0v) is 11.7. The number of benzene rings is 1. The smallest absolute Gasteiger partial charge is 0.284 e. The van der Waals surface area contributed by atoms with Gasteiger partial charge in [0.2, 0.25) is 0 Å². The predicted octanol–water partition coefficient (Wildman–Crippen LogP) is 2.08. The summed E-state index contributed by atoms with van der Waals surface area (Å²) in [5.41, 5.74) is 0.661. The number of nitrogens with zero attached hydrogens (tertiary/aromatic N) is 3. The van der Waals surface area contributed by atoms with Crippen LogP contribution in [0.5, 0.6) is 0 Å². The van der Waals surface area contributed by atoms with Crippen molar-refractivity contribution in [3.8, 4) is 0 Å². The van der Waals surface area contributed by atoms with Crippen LogP contribution in [0, 0.1) is 10.1 Å². The summed E-state index contributed by atoms with van der Waals surface area (Å²) in [5, 5.41) is 20.9. The zero-order valence-electron chi connectivity index (χ0n) is 10.1. The average Bonchev–Trinajstić information content (AvgIpc) is 2.46. The van der Waals surface area contributed by atoms with Gasteiger partial charge in [0.25, 0.3) is 11.6 Å². The zero-order chi connectivity index (χ0) is 14.5. The van der Waals surface area contributed by atoms with Crippen LogP contribution in [0.1, 0.15) is 16.1 Å². The lowest BCUT2D eigenvalue weighted by molar-refractivity contribution is -0.385. The molecule has 8 heteroatoms. The maximum absolute atomic E-state index is 11.9. The Hall–Kier alpha value is -2.35. The van der Waals surface area contributed by atoms with Gasteiger partial charge in [0.1, 0.15) is 0 Å². The minimum absolute atomic E-state index is 0.155. The van der Waals surface area contributed by atoms with E-state index < -0.39 is 10.8 Å². The van der Waals surface area contributed by atoms with E-state index in [-0.39, 0.29) is 17.8 Å². The van der Waals surface area contributed by atoms with Crippen molar-refractivity contribution >= 4 is 27.5 Å². The molecule has 102 valence electrons. The Morgan fingerprint density at radius 2 is 2.20 bits per heavy atom. The van der Waals surface area contributed by atoms with E-state index in [0.717, 1.165) is 0 Å². The van der Waals surface area contributed by atoms with Crippen molar-refractivity contribution in [2.24, 2.45) is 0 Å². The van der Waals surface area contributed by atoms with Crippen LogP contribution in [0.3, 0.4) is 0 Å². The van der Waals surface area contributed by atoms with Crippen LogP contribution >= 0.6 is 15.9 Å². The maximum atomic E-state index is 11.9. The fraction of sp³-hybridized carbons (Fsp3) is 0.0833. The molecule has 1 aromatic heterocycles. The molecule has 1 N–H and O–H groups in total. The van der Waals surface area contributed by atoms with Crippen molar-refractivity contribution in [3.63, 3.8) is 0 Å². The number of nitro benzene ring substituents is 1. The lowest BCUT2D eigenvalue weighted by Gasteiger charge is -2.04. The van der Waals surface area contributed by atoms with Gasteiger partial charge in [0.05, 0.1) is 21.6 Å². The molecule has 0 unspecified atom stereocenters. The molecule has 0 radical (unpaired) electrons. The van der Waals surface area contributed by atoms with Crippen LogP contribution in [-0.4, -0.2) is 21.0 Å². The number of aromatic nitrogens is 2. The van der Waals surface area contributed by atoms with E-state index in [1.807, 2.05) is 0 Å². The molecule has 0 aliphatic heterocycles. The molecule has 0 saturated carbocycles. The number of hydrogen-bond donors (Lipinski definition) is 1. The van der Waals surface area contributed by atoms with Gasteiger partial charge in [-0.3, -0.25) is 14.9 Å². The molecule has 0 aliphatic rings. The van der Waals surface area contributed by atoms with Crippen molar-refractivity contribution < 1.29 is 9.72 Å². The number of carbonyl (C=O) groups is 1. The lowest BCUT2D eigenvalue weighted by atomic mass is 10.2. The average molecular weight is 337 g/mol. The summed E-state index contributed by atoms with van der Waals surface area (Å²) in [6, 6.07) is 7.62. The van der Waals surface area contributed by atoms with Crippen molar-refractivity contribution in [3.05, 3.63) is 62.4 Å². The molecule has 2 aromatic rings. The molecule has 2 rings (SSSR count). The van der Waals surface area contributed by atoms with Crippen molar-refractivity contribution in [2.45, 2.75) is 6.54 Å². The number of halogens is 1. The highest BCUT2D eigenvalue weighted by Crippen LogP contribution is 2.25. The van der Waals surface area contributed by atoms with E-state index in [1.165, 1.54) is 24.4 Å². The summed E-state index contributed by atoms with van der Waals surface area (Å²) in [7, 11) is 0. The van der Waals surface area contributed by atoms with Crippen LogP contribution in [0.25, 0.3) is 0 Å². The van der Waals surface area contributed by atoms with Crippen LogP contribution in [0.15, 0.2) is 41.0 Å². The molecule has 0 spiro atoms. The first-order valence-corrected chi connectivity index (χ1v) is 6.36. The van der Waals surface area contributed by atoms with Gasteiger partial charge < -0.3 is 5.32 Å². The lowest BCUT2D eigenvalue weighted by Crippen LogP contribution is -2.23. The predicted molar refractivity (Wildman–Crippen MR) is 74.0 cm³/mol. The highest BCUT2D eigenvalue weighted by molar-refractivity contribution is 9.10. The molecule has 0 atom stereocenters. The maximum Gasteiger partial charge on any atom is 0.284 e. The van der Waals surface area contributed by atoms with Crippen LogP contribution < -0.4 is 5.32 Å². The number of amides is 1. The Morgan fingerprint density at radius 3 is 2.85 bits per heavy atom. The summed E-state index contributed by atoms with van der Waals surface area (Å²) in [6.07, 6.45) is 1.53. The van der Waals surface area contributed by atoms with E-state index in [2.05, 4.69) is 31.4 Å². The van der Waals surface area contributed by atoms with E-state index in [4.69, 9.17) is 0 Å². The number of rotatable bonds is 4. The number of nitro groups is 1. The second kappa shape index (κ2) is 6.20. The quantitative estimate of drug-likeness (QED) is 0.680. The first-order valence-electron chi connectivity index (χ1n) is 5.56. The molecule has 20 heavy (non-hydrogen) atoms. The van der Waals surface area contributed by atoms with Gasteiger partial charge in [-0.1, -0.05) is 0 Å². The van der Waals surface area contributed by atoms with Gasteiger partial charge in [-0.25, -0.2) is 0 Å². The summed E-state index contributed by atoms with van der Waals surface area (Å²) in [6.45, 7) is 0.205. The topological polar surface area (TPSA) is 98.0 Å².